The van der Waals surface area contributed by atoms with E-state index in [-0.39, 0.29) is 0 Å². The molecule has 1 aromatic heterocycles. The van der Waals surface area contributed by atoms with Crippen LogP contribution in [0.15, 0.2) is 47.0 Å². The van der Waals surface area contributed by atoms with Gasteiger partial charge in [0, 0.05) is 19.8 Å². The molecule has 0 fully saturated rings. The lowest BCUT2D eigenvalue weighted by Crippen LogP contribution is -2.20. The molecule has 3 aromatic rings. The maximum Gasteiger partial charge on any atom is 0.185 e. The predicted molar refractivity (Wildman–Crippen MR) is 99.4 cm³/mol. The first-order valence-corrected chi connectivity index (χ1v) is 7.66. The second-order valence-electron chi connectivity index (χ2n) is 5.47. The molecule has 2 N–H and O–H groups in total. The van der Waals surface area contributed by atoms with Crippen LogP contribution in [0.3, 0.4) is 0 Å². The van der Waals surface area contributed by atoms with E-state index in [1.807, 2.05) is 68.4 Å². The lowest BCUT2D eigenvalue weighted by atomic mass is 10.2. The molecule has 0 saturated heterocycles. The minimum absolute atomic E-state index is 0.475. The number of hydrogen-bond acceptors (Lipinski definition) is 4. The van der Waals surface area contributed by atoms with E-state index in [0.29, 0.717) is 10.9 Å². The molecular weight excluding hydrogens is 308 g/mol. The Hall–Kier alpha value is -2.60. The average molecular weight is 326 g/mol. The van der Waals surface area contributed by atoms with Crippen molar-refractivity contribution in [3.63, 3.8) is 0 Å². The van der Waals surface area contributed by atoms with Gasteiger partial charge in [-0.1, -0.05) is 29.4 Å². The summed E-state index contributed by atoms with van der Waals surface area (Å²) < 4.78 is 5.39. The summed E-state index contributed by atoms with van der Waals surface area (Å²) >= 11 is 5.40. The molecule has 0 aliphatic heterocycles. The van der Waals surface area contributed by atoms with Crippen LogP contribution in [0, 0.1) is 6.92 Å². The number of thiocarbonyl (C=S) groups is 1. The van der Waals surface area contributed by atoms with E-state index in [1.165, 1.54) is 0 Å². The van der Waals surface area contributed by atoms with Gasteiger partial charge in [-0.05, 0) is 42.9 Å². The second-order valence-corrected chi connectivity index (χ2v) is 5.88. The first kappa shape index (κ1) is 15.3. The lowest BCUT2D eigenvalue weighted by molar-refractivity contribution is 0.460. The topological polar surface area (TPSA) is 53.3 Å². The number of aromatic nitrogens is 1. The van der Waals surface area contributed by atoms with E-state index in [9.17, 15) is 0 Å². The number of nitrogens with one attached hydrogen (secondary N) is 2. The fourth-order valence-corrected chi connectivity index (χ4v) is 2.61. The summed E-state index contributed by atoms with van der Waals surface area (Å²) in [6.07, 6.45) is 0. The van der Waals surface area contributed by atoms with E-state index in [4.69, 9.17) is 16.7 Å². The summed E-state index contributed by atoms with van der Waals surface area (Å²) in [6, 6.07) is 13.8. The molecule has 0 unspecified atom stereocenters. The highest BCUT2D eigenvalue weighted by atomic mass is 32.1. The van der Waals surface area contributed by atoms with Gasteiger partial charge in [0.2, 0.25) is 0 Å². The number of fused-ring (bicyclic) bond motifs is 1. The Balaban J connectivity index is 1.87. The van der Waals surface area contributed by atoms with Gasteiger partial charge < -0.3 is 20.1 Å². The molecule has 0 radical (unpaired) electrons. The summed E-state index contributed by atoms with van der Waals surface area (Å²) in [5.41, 5.74) is 3.82. The quantitative estimate of drug-likeness (QED) is 0.709. The third-order valence-electron chi connectivity index (χ3n) is 3.58. The normalized spacial score (nSPS) is 10.6. The summed E-state index contributed by atoms with van der Waals surface area (Å²) in [4.78, 5) is 2.02. The van der Waals surface area contributed by atoms with Crippen molar-refractivity contribution in [2.24, 2.45) is 0 Å². The maximum absolute atomic E-state index is 5.40. The molecule has 0 atom stereocenters. The highest BCUT2D eigenvalue weighted by molar-refractivity contribution is 7.80. The average Bonchev–Trinajstić information content (AvgIpc) is 2.92. The summed E-state index contributed by atoms with van der Waals surface area (Å²) in [6.45, 7) is 2.03. The molecule has 5 nitrogen and oxygen atoms in total. The molecule has 1 heterocycles. The third kappa shape index (κ3) is 3.12. The number of aryl methyl sites for hydroxylation is 1. The summed E-state index contributed by atoms with van der Waals surface area (Å²) in [5, 5.41) is 11.8. The molecule has 0 amide bonds. The van der Waals surface area contributed by atoms with Gasteiger partial charge in [0.1, 0.15) is 0 Å². The first-order valence-electron chi connectivity index (χ1n) is 7.25. The van der Waals surface area contributed by atoms with Gasteiger partial charge in [0.15, 0.2) is 16.5 Å². The number of para-hydroxylation sites is 1. The van der Waals surface area contributed by atoms with E-state index >= 15 is 0 Å². The van der Waals surface area contributed by atoms with Gasteiger partial charge in [-0.3, -0.25) is 0 Å². The van der Waals surface area contributed by atoms with Crippen LogP contribution in [0.2, 0.25) is 0 Å². The number of nitrogens with zero attached hydrogens (tertiary/aromatic N) is 2. The van der Waals surface area contributed by atoms with Gasteiger partial charge in [-0.15, -0.1) is 0 Å². The summed E-state index contributed by atoms with van der Waals surface area (Å²) in [7, 11) is 3.96. The highest BCUT2D eigenvalue weighted by Crippen LogP contribution is 2.31. The Morgan fingerprint density at radius 2 is 1.87 bits per heavy atom. The molecule has 0 aliphatic rings. The van der Waals surface area contributed by atoms with Crippen molar-refractivity contribution in [2.45, 2.75) is 6.92 Å². The van der Waals surface area contributed by atoms with Crippen LogP contribution in [0.5, 0.6) is 0 Å². The molecule has 118 valence electrons. The first-order chi connectivity index (χ1) is 11.1. The van der Waals surface area contributed by atoms with E-state index in [0.717, 1.165) is 27.9 Å². The van der Waals surface area contributed by atoms with Gasteiger partial charge >= 0.3 is 0 Å². The Labute approximate surface area is 140 Å². The van der Waals surface area contributed by atoms with Crippen molar-refractivity contribution in [1.82, 2.24) is 5.16 Å². The van der Waals surface area contributed by atoms with Crippen molar-refractivity contribution >= 4 is 45.5 Å². The van der Waals surface area contributed by atoms with Crippen molar-refractivity contribution in [1.29, 1.82) is 0 Å². The monoisotopic (exact) mass is 326 g/mol. The van der Waals surface area contributed by atoms with E-state index in [2.05, 4.69) is 15.8 Å². The fraction of sp³-hybridized carbons (Fsp3) is 0.176. The molecule has 23 heavy (non-hydrogen) atoms. The van der Waals surface area contributed by atoms with Crippen LogP contribution in [0.1, 0.15) is 5.56 Å². The van der Waals surface area contributed by atoms with Crippen molar-refractivity contribution in [3.05, 3.63) is 48.0 Å². The zero-order chi connectivity index (χ0) is 16.4. The number of hydrogen-bond donors (Lipinski definition) is 2. The molecule has 0 bridgehead atoms. The number of anilines is 3. The molecule has 0 spiro atoms. The van der Waals surface area contributed by atoms with E-state index in [1.54, 1.807) is 0 Å². The minimum atomic E-state index is 0.475. The van der Waals surface area contributed by atoms with Gasteiger partial charge in [0.05, 0.1) is 11.1 Å². The van der Waals surface area contributed by atoms with Gasteiger partial charge in [-0.2, -0.15) is 0 Å². The minimum Gasteiger partial charge on any atom is -0.377 e. The predicted octanol–water partition coefficient (Wildman–Crippen LogP) is 4.01. The largest absolute Gasteiger partial charge is 0.377 e. The van der Waals surface area contributed by atoms with E-state index < -0.39 is 0 Å². The SMILES string of the molecule is Cc1ccccc1NC(=S)Nc1noc2cccc(N(C)C)c12. The molecule has 6 heteroatoms. The molecule has 0 saturated carbocycles. The fourth-order valence-electron chi connectivity index (χ4n) is 2.41. The number of rotatable bonds is 3. The van der Waals surface area contributed by atoms with Crippen molar-refractivity contribution in [2.75, 3.05) is 29.6 Å². The second kappa shape index (κ2) is 6.26. The smallest absolute Gasteiger partial charge is 0.185 e. The highest BCUT2D eigenvalue weighted by Gasteiger charge is 2.15. The van der Waals surface area contributed by atoms with Gasteiger partial charge in [-0.25, -0.2) is 0 Å². The molecular formula is C17H18N4OS. The Morgan fingerprint density at radius 3 is 2.61 bits per heavy atom. The Morgan fingerprint density at radius 1 is 1.09 bits per heavy atom. The molecule has 3 rings (SSSR count). The van der Waals surface area contributed by atoms with Gasteiger partial charge in [0.25, 0.3) is 0 Å². The summed E-state index contributed by atoms with van der Waals surface area (Å²) in [5.74, 6) is 0.607. The van der Waals surface area contributed by atoms with Crippen LogP contribution in [0.4, 0.5) is 17.2 Å². The van der Waals surface area contributed by atoms with Crippen LogP contribution in [-0.4, -0.2) is 24.4 Å². The third-order valence-corrected chi connectivity index (χ3v) is 3.79. The van der Waals surface area contributed by atoms with Crippen LogP contribution in [-0.2, 0) is 0 Å². The number of benzene rings is 2. The zero-order valence-corrected chi connectivity index (χ0v) is 14.1. The lowest BCUT2D eigenvalue weighted by Gasteiger charge is -2.15. The molecule has 2 aromatic carbocycles. The van der Waals surface area contributed by atoms with Crippen LogP contribution < -0.4 is 15.5 Å². The van der Waals surface area contributed by atoms with Crippen molar-refractivity contribution < 1.29 is 4.52 Å². The Bertz CT molecular complexity index is 857. The zero-order valence-electron chi connectivity index (χ0n) is 13.3. The molecule has 0 aliphatic carbocycles. The van der Waals surface area contributed by atoms with Crippen LogP contribution >= 0.6 is 12.2 Å². The van der Waals surface area contributed by atoms with Crippen molar-refractivity contribution in [3.8, 4) is 0 Å². The van der Waals surface area contributed by atoms with Crippen LogP contribution in [0.25, 0.3) is 11.0 Å². The maximum atomic E-state index is 5.40. The Kier molecular flexibility index (Phi) is 4.16. The standard InChI is InChI=1S/C17H18N4OS/c1-11-7-4-5-8-12(11)18-17(23)19-16-15-13(21(2)3)9-6-10-14(15)22-20-16/h4-10H,1-3H3,(H2,18,19,20,23).